The van der Waals surface area contributed by atoms with E-state index in [1.54, 1.807) is 6.07 Å². The van der Waals surface area contributed by atoms with Crippen LogP contribution < -0.4 is 5.48 Å². The van der Waals surface area contributed by atoms with Gasteiger partial charge in [0.25, 0.3) is 0 Å². The Hall–Kier alpha value is -1.91. The van der Waals surface area contributed by atoms with Crippen LogP contribution in [0.25, 0.3) is 10.9 Å². The first-order chi connectivity index (χ1) is 8.31. The van der Waals surface area contributed by atoms with Gasteiger partial charge in [-0.05, 0) is 12.1 Å². The molecule has 2 N–H and O–H groups in total. The molecule has 1 aromatic heterocycles. The molecule has 2 rings (SSSR count). The smallest absolute Gasteiger partial charge is 0.122 e. The largest absolute Gasteiger partial charge is 0.384 e. The summed E-state index contributed by atoms with van der Waals surface area (Å²) in [6, 6.07) is 11.5. The van der Waals surface area contributed by atoms with Crippen LogP contribution in [0.15, 0.2) is 49.2 Å². The summed E-state index contributed by atoms with van der Waals surface area (Å²) in [5, 5.41) is 10.9. The summed E-state index contributed by atoms with van der Waals surface area (Å²) in [5.41, 5.74) is 3.92. The monoisotopic (exact) mass is 230 g/mol. The van der Waals surface area contributed by atoms with E-state index in [1.165, 1.54) is 6.20 Å². The third kappa shape index (κ3) is 2.81. The molecule has 0 aliphatic heterocycles. The van der Waals surface area contributed by atoms with E-state index in [9.17, 15) is 5.11 Å². The number of nitrogens with one attached hydrogen (secondary N) is 1. The van der Waals surface area contributed by atoms with E-state index in [4.69, 9.17) is 4.84 Å². The van der Waals surface area contributed by atoms with Crippen molar-refractivity contribution in [3.8, 4) is 0 Å². The molecule has 4 heteroatoms. The highest BCUT2D eigenvalue weighted by molar-refractivity contribution is 5.78. The van der Waals surface area contributed by atoms with Crippen molar-refractivity contribution < 1.29 is 9.94 Å². The van der Waals surface area contributed by atoms with Crippen molar-refractivity contribution in [1.29, 1.82) is 0 Å². The Bertz CT molecular complexity index is 514. The number of rotatable bonds is 5. The summed E-state index contributed by atoms with van der Waals surface area (Å²) in [5.74, 6) is 0. The van der Waals surface area contributed by atoms with Crippen molar-refractivity contribution in [2.45, 2.75) is 6.10 Å². The highest BCUT2D eigenvalue weighted by atomic mass is 16.6. The van der Waals surface area contributed by atoms with Crippen molar-refractivity contribution in [1.82, 2.24) is 10.5 Å². The fourth-order valence-electron chi connectivity index (χ4n) is 1.54. The van der Waals surface area contributed by atoms with Crippen molar-refractivity contribution in [2.75, 3.05) is 6.61 Å². The number of benzene rings is 1. The van der Waals surface area contributed by atoms with Crippen LogP contribution in [0.1, 0.15) is 11.8 Å². The molecule has 1 unspecified atom stereocenters. The van der Waals surface area contributed by atoms with Gasteiger partial charge in [0.15, 0.2) is 0 Å². The molecule has 1 heterocycles. The molecule has 0 spiro atoms. The van der Waals surface area contributed by atoms with E-state index < -0.39 is 6.10 Å². The third-order valence-electron chi connectivity index (χ3n) is 2.37. The van der Waals surface area contributed by atoms with Gasteiger partial charge in [0.05, 0.1) is 11.2 Å². The molecule has 0 fully saturated rings. The second-order valence-corrected chi connectivity index (χ2v) is 3.58. The summed E-state index contributed by atoms with van der Waals surface area (Å²) >= 11 is 0. The Morgan fingerprint density at radius 2 is 2.18 bits per heavy atom. The van der Waals surface area contributed by atoms with E-state index >= 15 is 0 Å². The molecule has 4 nitrogen and oxygen atoms in total. The Balaban J connectivity index is 2.15. The van der Waals surface area contributed by atoms with Crippen LogP contribution >= 0.6 is 0 Å². The molecule has 88 valence electrons. The second kappa shape index (κ2) is 5.43. The number of aliphatic hydroxyl groups excluding tert-OH is 1. The first-order valence-electron chi connectivity index (χ1n) is 5.33. The van der Waals surface area contributed by atoms with Crippen LogP contribution in [-0.2, 0) is 4.84 Å². The van der Waals surface area contributed by atoms with E-state index in [1.807, 2.05) is 30.3 Å². The molecule has 1 aromatic carbocycles. The normalized spacial score (nSPS) is 12.3. The molecule has 0 aliphatic rings. The molecule has 1 atom stereocenters. The van der Waals surface area contributed by atoms with Gasteiger partial charge in [-0.2, -0.15) is 0 Å². The molecular formula is C13H14N2O2. The lowest BCUT2D eigenvalue weighted by Crippen LogP contribution is -2.14. The van der Waals surface area contributed by atoms with Crippen LogP contribution in [0.4, 0.5) is 0 Å². The molecule has 0 amide bonds. The second-order valence-electron chi connectivity index (χ2n) is 3.58. The highest BCUT2D eigenvalue weighted by Gasteiger charge is 2.09. The highest BCUT2D eigenvalue weighted by Crippen LogP contribution is 2.16. The van der Waals surface area contributed by atoms with E-state index in [0.29, 0.717) is 5.69 Å². The summed E-state index contributed by atoms with van der Waals surface area (Å²) in [7, 11) is 0. The van der Waals surface area contributed by atoms with Crippen molar-refractivity contribution >= 4 is 10.9 Å². The molecule has 0 saturated carbocycles. The zero-order valence-electron chi connectivity index (χ0n) is 9.34. The average Bonchev–Trinajstić information content (AvgIpc) is 2.38. The Morgan fingerprint density at radius 3 is 3.00 bits per heavy atom. The molecule has 0 saturated heterocycles. The van der Waals surface area contributed by atoms with Crippen LogP contribution in [0, 0.1) is 0 Å². The predicted octanol–water partition coefficient (Wildman–Crippen LogP) is 1.93. The average molecular weight is 230 g/mol. The Labute approximate surface area is 99.5 Å². The minimum Gasteiger partial charge on any atom is -0.384 e. The predicted molar refractivity (Wildman–Crippen MR) is 66.0 cm³/mol. The minimum atomic E-state index is -0.757. The SMILES string of the molecule is C=CNOCC(O)c1ccc2ccccc2n1. The molecule has 2 aromatic rings. The summed E-state index contributed by atoms with van der Waals surface area (Å²) in [6.07, 6.45) is 0.646. The van der Waals surface area contributed by atoms with E-state index in [-0.39, 0.29) is 6.61 Å². The van der Waals surface area contributed by atoms with Crippen LogP contribution in [0.3, 0.4) is 0 Å². The maximum absolute atomic E-state index is 9.84. The fourth-order valence-corrected chi connectivity index (χ4v) is 1.54. The van der Waals surface area contributed by atoms with Gasteiger partial charge in [-0.1, -0.05) is 30.8 Å². The number of hydrogen-bond donors (Lipinski definition) is 2. The molecule has 0 radical (unpaired) electrons. The van der Waals surface area contributed by atoms with Crippen LogP contribution in [0.5, 0.6) is 0 Å². The van der Waals surface area contributed by atoms with Crippen molar-refractivity contribution in [3.63, 3.8) is 0 Å². The lowest BCUT2D eigenvalue weighted by Gasteiger charge is -2.10. The molecule has 17 heavy (non-hydrogen) atoms. The topological polar surface area (TPSA) is 54.4 Å². The Kier molecular flexibility index (Phi) is 3.69. The number of hydrogen-bond acceptors (Lipinski definition) is 4. The van der Waals surface area contributed by atoms with Crippen molar-refractivity contribution in [3.05, 3.63) is 54.9 Å². The fraction of sp³-hybridized carbons (Fsp3) is 0.154. The number of aliphatic hydroxyl groups is 1. The molecular weight excluding hydrogens is 216 g/mol. The number of fused-ring (bicyclic) bond motifs is 1. The van der Waals surface area contributed by atoms with Crippen LogP contribution in [0.2, 0.25) is 0 Å². The van der Waals surface area contributed by atoms with E-state index in [2.05, 4.69) is 17.0 Å². The summed E-state index contributed by atoms with van der Waals surface area (Å²) in [4.78, 5) is 9.32. The van der Waals surface area contributed by atoms with Gasteiger partial charge in [-0.25, -0.2) is 4.98 Å². The van der Waals surface area contributed by atoms with Gasteiger partial charge >= 0.3 is 0 Å². The van der Waals surface area contributed by atoms with Gasteiger partial charge in [0.1, 0.15) is 12.7 Å². The first kappa shape index (κ1) is 11.6. The lowest BCUT2D eigenvalue weighted by atomic mass is 10.1. The zero-order chi connectivity index (χ0) is 12.1. The van der Waals surface area contributed by atoms with Gasteiger partial charge in [0.2, 0.25) is 0 Å². The van der Waals surface area contributed by atoms with E-state index in [0.717, 1.165) is 10.9 Å². The Morgan fingerprint density at radius 1 is 1.35 bits per heavy atom. The number of aromatic nitrogens is 1. The van der Waals surface area contributed by atoms with Gasteiger partial charge in [-0.3, -0.25) is 10.3 Å². The van der Waals surface area contributed by atoms with Crippen molar-refractivity contribution in [2.24, 2.45) is 0 Å². The lowest BCUT2D eigenvalue weighted by molar-refractivity contribution is -0.00303. The van der Waals surface area contributed by atoms with Gasteiger partial charge in [-0.15, -0.1) is 0 Å². The maximum Gasteiger partial charge on any atom is 0.122 e. The zero-order valence-corrected chi connectivity index (χ0v) is 9.34. The molecule has 0 bridgehead atoms. The quantitative estimate of drug-likeness (QED) is 0.608. The minimum absolute atomic E-state index is 0.122. The maximum atomic E-state index is 9.84. The standard InChI is InChI=1S/C13H14N2O2/c1-2-14-17-9-13(16)12-8-7-10-5-3-4-6-11(10)15-12/h2-8,13-14,16H,1,9H2. The van der Waals surface area contributed by atoms with Gasteiger partial charge < -0.3 is 5.11 Å². The summed E-state index contributed by atoms with van der Waals surface area (Å²) < 4.78 is 0. The number of pyridine rings is 1. The first-order valence-corrected chi connectivity index (χ1v) is 5.33. The molecule has 0 aliphatic carbocycles. The van der Waals surface area contributed by atoms with Gasteiger partial charge in [0, 0.05) is 11.6 Å². The summed E-state index contributed by atoms with van der Waals surface area (Å²) in [6.45, 7) is 3.56. The number of hydroxylamine groups is 1. The van der Waals surface area contributed by atoms with Crippen LogP contribution in [-0.4, -0.2) is 16.7 Å². The third-order valence-corrected chi connectivity index (χ3v) is 2.37. The number of para-hydroxylation sites is 1. The number of nitrogens with zero attached hydrogens (tertiary/aromatic N) is 1.